The van der Waals surface area contributed by atoms with Gasteiger partial charge >= 0.3 is 11.8 Å². The monoisotopic (exact) mass is 330 g/mol. The minimum absolute atomic E-state index is 0.150. The lowest BCUT2D eigenvalue weighted by atomic mass is 10.0. The zero-order valence-corrected chi connectivity index (χ0v) is 13.5. The number of halogens is 1. The fraction of sp³-hybridized carbons (Fsp3) is 0.222. The van der Waals surface area contributed by atoms with E-state index in [2.05, 4.69) is 10.6 Å². The van der Waals surface area contributed by atoms with Crippen molar-refractivity contribution in [3.05, 3.63) is 65.5 Å². The summed E-state index contributed by atoms with van der Waals surface area (Å²) in [7, 11) is 1.54. The highest BCUT2D eigenvalue weighted by atomic mass is 19.1. The molecule has 1 atom stereocenters. The van der Waals surface area contributed by atoms with Gasteiger partial charge in [0, 0.05) is 19.3 Å². The van der Waals surface area contributed by atoms with Crippen LogP contribution >= 0.6 is 0 Å². The van der Waals surface area contributed by atoms with Crippen LogP contribution in [0.2, 0.25) is 0 Å². The number of benzene rings is 2. The molecule has 0 spiro atoms. The number of rotatable bonds is 5. The van der Waals surface area contributed by atoms with E-state index in [1.165, 1.54) is 25.3 Å². The first-order valence-corrected chi connectivity index (χ1v) is 7.44. The van der Waals surface area contributed by atoms with E-state index in [-0.39, 0.29) is 18.3 Å². The highest BCUT2D eigenvalue weighted by Crippen LogP contribution is 2.19. The van der Waals surface area contributed by atoms with Gasteiger partial charge in [-0.15, -0.1) is 0 Å². The topological polar surface area (TPSA) is 67.4 Å². The smallest absolute Gasteiger partial charge is 0.313 e. The lowest BCUT2D eigenvalue weighted by Crippen LogP contribution is -2.38. The van der Waals surface area contributed by atoms with Crippen LogP contribution in [-0.2, 0) is 14.3 Å². The molecule has 2 N–H and O–H groups in total. The molecule has 6 heteroatoms. The zero-order valence-electron chi connectivity index (χ0n) is 13.5. The summed E-state index contributed by atoms with van der Waals surface area (Å²) in [5, 5.41) is 4.87. The van der Waals surface area contributed by atoms with Gasteiger partial charge < -0.3 is 15.4 Å². The van der Waals surface area contributed by atoms with Gasteiger partial charge in [-0.3, -0.25) is 9.59 Å². The van der Waals surface area contributed by atoms with Crippen molar-refractivity contribution < 1.29 is 18.7 Å². The average Bonchev–Trinajstić information content (AvgIpc) is 2.56. The number of carbonyl (C=O) groups is 2. The van der Waals surface area contributed by atoms with Gasteiger partial charge in [-0.1, -0.05) is 30.3 Å². The molecule has 0 saturated heterocycles. The first-order valence-electron chi connectivity index (χ1n) is 7.44. The van der Waals surface area contributed by atoms with E-state index in [0.717, 1.165) is 17.2 Å². The highest BCUT2D eigenvalue weighted by Gasteiger charge is 2.18. The fourth-order valence-corrected chi connectivity index (χ4v) is 2.29. The maximum atomic E-state index is 13.1. The summed E-state index contributed by atoms with van der Waals surface area (Å²) in [5.74, 6) is -2.16. The van der Waals surface area contributed by atoms with Crippen molar-refractivity contribution in [3.63, 3.8) is 0 Å². The van der Waals surface area contributed by atoms with E-state index in [4.69, 9.17) is 4.74 Å². The standard InChI is InChI=1S/C18H19FN2O3/c1-12-6-3-4-9-15(12)16(24-2)11-20-17(22)18(23)21-14-8-5-7-13(19)10-14/h3-10,16H,11H2,1-2H3,(H,20,22)(H,21,23). The van der Waals surface area contributed by atoms with Crippen molar-refractivity contribution in [1.82, 2.24) is 5.32 Å². The molecule has 2 aromatic rings. The van der Waals surface area contributed by atoms with Crippen molar-refractivity contribution in [2.45, 2.75) is 13.0 Å². The second-order valence-electron chi connectivity index (χ2n) is 5.26. The van der Waals surface area contributed by atoms with Gasteiger partial charge in [-0.2, -0.15) is 0 Å². The summed E-state index contributed by atoms with van der Waals surface area (Å²) >= 11 is 0. The van der Waals surface area contributed by atoms with Gasteiger partial charge in [0.1, 0.15) is 5.82 Å². The average molecular weight is 330 g/mol. The number of ether oxygens (including phenoxy) is 1. The Morgan fingerprint density at radius 3 is 2.54 bits per heavy atom. The van der Waals surface area contributed by atoms with Gasteiger partial charge in [-0.05, 0) is 36.2 Å². The fourth-order valence-electron chi connectivity index (χ4n) is 2.29. The molecule has 2 amide bonds. The summed E-state index contributed by atoms with van der Waals surface area (Å²) in [4.78, 5) is 23.7. The van der Waals surface area contributed by atoms with Crippen molar-refractivity contribution >= 4 is 17.5 Å². The van der Waals surface area contributed by atoms with Crippen LogP contribution in [0.5, 0.6) is 0 Å². The SMILES string of the molecule is COC(CNC(=O)C(=O)Nc1cccc(F)c1)c1ccccc1C. The van der Waals surface area contributed by atoms with Crippen LogP contribution in [-0.4, -0.2) is 25.5 Å². The van der Waals surface area contributed by atoms with Crippen LogP contribution in [0.15, 0.2) is 48.5 Å². The van der Waals surface area contributed by atoms with Crippen LogP contribution in [0.25, 0.3) is 0 Å². The van der Waals surface area contributed by atoms with Gasteiger partial charge in [0.05, 0.1) is 6.10 Å². The third-order valence-corrected chi connectivity index (χ3v) is 3.56. The molecule has 0 heterocycles. The van der Waals surface area contributed by atoms with E-state index >= 15 is 0 Å². The lowest BCUT2D eigenvalue weighted by Gasteiger charge is -2.18. The molecule has 0 aliphatic carbocycles. The predicted octanol–water partition coefficient (Wildman–Crippen LogP) is 2.58. The second-order valence-corrected chi connectivity index (χ2v) is 5.26. The van der Waals surface area contributed by atoms with Crippen molar-refractivity contribution in [2.75, 3.05) is 19.0 Å². The molecule has 0 bridgehead atoms. The normalized spacial score (nSPS) is 11.6. The Morgan fingerprint density at radius 1 is 1.12 bits per heavy atom. The van der Waals surface area contributed by atoms with Crippen LogP contribution < -0.4 is 10.6 Å². The number of carbonyl (C=O) groups excluding carboxylic acids is 2. The van der Waals surface area contributed by atoms with Crippen LogP contribution in [0.3, 0.4) is 0 Å². The van der Waals surface area contributed by atoms with E-state index < -0.39 is 17.6 Å². The van der Waals surface area contributed by atoms with Crippen LogP contribution in [0.1, 0.15) is 17.2 Å². The maximum Gasteiger partial charge on any atom is 0.313 e. The Morgan fingerprint density at radius 2 is 1.88 bits per heavy atom. The van der Waals surface area contributed by atoms with Crippen LogP contribution in [0.4, 0.5) is 10.1 Å². The first-order chi connectivity index (χ1) is 11.5. The van der Waals surface area contributed by atoms with E-state index in [1.54, 1.807) is 0 Å². The zero-order chi connectivity index (χ0) is 17.5. The molecule has 0 fully saturated rings. The molecule has 24 heavy (non-hydrogen) atoms. The Balaban J connectivity index is 1.94. The van der Waals surface area contributed by atoms with E-state index in [1.807, 2.05) is 31.2 Å². The van der Waals surface area contributed by atoms with Gasteiger partial charge in [0.25, 0.3) is 0 Å². The quantitative estimate of drug-likeness (QED) is 0.828. The first kappa shape index (κ1) is 17.6. The molecule has 1 unspecified atom stereocenters. The third-order valence-electron chi connectivity index (χ3n) is 3.56. The number of hydrogen-bond acceptors (Lipinski definition) is 3. The van der Waals surface area contributed by atoms with Crippen molar-refractivity contribution in [1.29, 1.82) is 0 Å². The molecule has 0 aliphatic rings. The Bertz CT molecular complexity index is 734. The highest BCUT2D eigenvalue weighted by molar-refractivity contribution is 6.39. The van der Waals surface area contributed by atoms with Gasteiger partial charge in [-0.25, -0.2) is 4.39 Å². The molecule has 0 aromatic heterocycles. The minimum Gasteiger partial charge on any atom is -0.375 e. The Labute approximate surface area is 139 Å². The van der Waals surface area contributed by atoms with Gasteiger partial charge in [0.15, 0.2) is 0 Å². The van der Waals surface area contributed by atoms with Gasteiger partial charge in [0.2, 0.25) is 0 Å². The van der Waals surface area contributed by atoms with E-state index in [9.17, 15) is 14.0 Å². The summed E-state index contributed by atoms with van der Waals surface area (Å²) in [6.07, 6.45) is -0.364. The number of hydrogen-bond donors (Lipinski definition) is 2. The molecular formula is C18H19FN2O3. The molecule has 0 saturated carbocycles. The third kappa shape index (κ3) is 4.63. The number of nitrogens with one attached hydrogen (secondary N) is 2. The summed E-state index contributed by atoms with van der Waals surface area (Å²) in [6, 6.07) is 13.0. The summed E-state index contributed by atoms with van der Waals surface area (Å²) in [6.45, 7) is 2.09. The maximum absolute atomic E-state index is 13.1. The molecule has 2 rings (SSSR count). The predicted molar refractivity (Wildman–Crippen MR) is 89.0 cm³/mol. The summed E-state index contributed by atoms with van der Waals surface area (Å²) in [5.41, 5.74) is 2.19. The van der Waals surface area contributed by atoms with Crippen molar-refractivity contribution in [2.24, 2.45) is 0 Å². The second kappa shape index (κ2) is 8.21. The molecular weight excluding hydrogens is 311 g/mol. The largest absolute Gasteiger partial charge is 0.375 e. The Kier molecular flexibility index (Phi) is 6.03. The molecule has 0 aliphatic heterocycles. The lowest BCUT2D eigenvalue weighted by molar-refractivity contribution is -0.136. The van der Waals surface area contributed by atoms with Crippen LogP contribution in [0, 0.1) is 12.7 Å². The number of amides is 2. The number of anilines is 1. The van der Waals surface area contributed by atoms with E-state index in [0.29, 0.717) is 0 Å². The molecule has 2 aromatic carbocycles. The number of aryl methyl sites for hydroxylation is 1. The molecule has 0 radical (unpaired) electrons. The molecule has 5 nitrogen and oxygen atoms in total. The summed E-state index contributed by atoms with van der Waals surface area (Å²) < 4.78 is 18.5. The molecule has 126 valence electrons. The Hall–Kier alpha value is -2.73. The number of methoxy groups -OCH3 is 1. The van der Waals surface area contributed by atoms with Crippen molar-refractivity contribution in [3.8, 4) is 0 Å². The minimum atomic E-state index is -0.861.